The molecule has 2 aliphatic rings. The van der Waals surface area contributed by atoms with Gasteiger partial charge in [0.2, 0.25) is 5.95 Å². The molecule has 1 saturated heterocycles. The number of anilines is 1. The summed E-state index contributed by atoms with van der Waals surface area (Å²) >= 11 is 1.76. The maximum absolute atomic E-state index is 4.70. The summed E-state index contributed by atoms with van der Waals surface area (Å²) in [5.74, 6) is 2.73. The van der Waals surface area contributed by atoms with Crippen molar-refractivity contribution in [1.82, 2.24) is 24.1 Å². The van der Waals surface area contributed by atoms with Gasteiger partial charge >= 0.3 is 0 Å². The van der Waals surface area contributed by atoms with Gasteiger partial charge < -0.3 is 9.30 Å². The normalized spacial score (nSPS) is 18.7. The summed E-state index contributed by atoms with van der Waals surface area (Å²) in [5, 5.41) is 10.2. The molecule has 0 aromatic carbocycles. The molecule has 0 radical (unpaired) electrons. The number of nitrogens with zero attached hydrogens (tertiary/aromatic N) is 6. The van der Waals surface area contributed by atoms with E-state index in [1.165, 1.54) is 25.7 Å². The predicted molar refractivity (Wildman–Crippen MR) is 104 cm³/mol. The number of pyridine rings is 1. The van der Waals surface area contributed by atoms with E-state index in [4.69, 9.17) is 4.98 Å². The monoisotopic (exact) mass is 368 g/mol. The van der Waals surface area contributed by atoms with Crippen LogP contribution in [-0.2, 0) is 5.75 Å². The first-order valence-corrected chi connectivity index (χ1v) is 10.5. The second-order valence-electron chi connectivity index (χ2n) is 7.54. The number of thioether (sulfide) groups is 1. The number of aromatic nitrogens is 5. The highest BCUT2D eigenvalue weighted by Gasteiger charge is 2.32. The quantitative estimate of drug-likeness (QED) is 0.641. The van der Waals surface area contributed by atoms with Crippen molar-refractivity contribution < 1.29 is 0 Å². The molecule has 3 aromatic heterocycles. The Bertz CT molecular complexity index is 871. The zero-order chi connectivity index (χ0) is 17.5. The van der Waals surface area contributed by atoms with Gasteiger partial charge in [0.05, 0.1) is 5.69 Å². The van der Waals surface area contributed by atoms with Crippen LogP contribution in [0.4, 0.5) is 5.95 Å². The van der Waals surface area contributed by atoms with E-state index >= 15 is 0 Å². The highest BCUT2D eigenvalue weighted by molar-refractivity contribution is 7.98. The lowest BCUT2D eigenvalue weighted by Crippen LogP contribution is -2.34. The van der Waals surface area contributed by atoms with Crippen LogP contribution in [0.1, 0.15) is 44.3 Å². The third-order valence-corrected chi connectivity index (χ3v) is 6.36. The van der Waals surface area contributed by atoms with E-state index in [0.717, 1.165) is 47.2 Å². The van der Waals surface area contributed by atoms with Crippen molar-refractivity contribution in [3.63, 3.8) is 0 Å². The largest absolute Gasteiger partial charge is 0.341 e. The van der Waals surface area contributed by atoms with Gasteiger partial charge in [0.25, 0.3) is 0 Å². The molecule has 0 bridgehead atoms. The zero-order valence-electron chi connectivity index (χ0n) is 15.1. The topological polar surface area (TPSA) is 51.3 Å². The average Bonchev–Trinajstić information content (AvgIpc) is 3.27. The van der Waals surface area contributed by atoms with Gasteiger partial charge in [-0.1, -0.05) is 24.8 Å². The molecule has 2 fully saturated rings. The van der Waals surface area contributed by atoms with Gasteiger partial charge in [0, 0.05) is 37.3 Å². The van der Waals surface area contributed by atoms with Gasteiger partial charge in [-0.2, -0.15) is 0 Å². The first-order chi connectivity index (χ1) is 12.8. The SMILES string of the molecule is CC1CCN(c2nnc(SCc3cn4ccccc4n3)n2C2CC2)CC1. The number of piperidine rings is 1. The Morgan fingerprint density at radius 1 is 1.12 bits per heavy atom. The van der Waals surface area contributed by atoms with E-state index in [0.29, 0.717) is 6.04 Å². The van der Waals surface area contributed by atoms with Crippen LogP contribution in [0.25, 0.3) is 5.65 Å². The van der Waals surface area contributed by atoms with Gasteiger partial charge in [-0.05, 0) is 43.7 Å². The van der Waals surface area contributed by atoms with Crippen molar-refractivity contribution in [2.45, 2.75) is 49.6 Å². The van der Waals surface area contributed by atoms with Crippen LogP contribution in [0.5, 0.6) is 0 Å². The average molecular weight is 369 g/mol. The summed E-state index contributed by atoms with van der Waals surface area (Å²) in [6.45, 7) is 4.55. The highest BCUT2D eigenvalue weighted by Crippen LogP contribution is 2.41. The molecule has 4 heterocycles. The van der Waals surface area contributed by atoms with Crippen LogP contribution in [0.2, 0.25) is 0 Å². The number of rotatable bonds is 5. The molecular formula is C19H24N6S. The summed E-state index contributed by atoms with van der Waals surface area (Å²) in [5.41, 5.74) is 2.08. The molecule has 136 valence electrons. The van der Waals surface area contributed by atoms with Crippen molar-refractivity contribution in [1.29, 1.82) is 0 Å². The van der Waals surface area contributed by atoms with E-state index in [1.54, 1.807) is 11.8 Å². The van der Waals surface area contributed by atoms with Crippen LogP contribution >= 0.6 is 11.8 Å². The summed E-state index contributed by atoms with van der Waals surface area (Å²) in [6.07, 6.45) is 9.14. The molecule has 6 nitrogen and oxygen atoms in total. The van der Waals surface area contributed by atoms with Crippen LogP contribution in [0.15, 0.2) is 35.7 Å². The Labute approximate surface area is 157 Å². The molecule has 0 N–H and O–H groups in total. The second kappa shape index (κ2) is 6.61. The minimum absolute atomic E-state index is 0.586. The molecule has 0 spiro atoms. The van der Waals surface area contributed by atoms with Crippen LogP contribution in [0, 0.1) is 5.92 Å². The highest BCUT2D eigenvalue weighted by atomic mass is 32.2. The Hall–Kier alpha value is -2.02. The zero-order valence-corrected chi connectivity index (χ0v) is 15.9. The van der Waals surface area contributed by atoms with Gasteiger partial charge in [-0.3, -0.25) is 4.57 Å². The standard InChI is InChI=1S/C19H24N6S/c1-14-7-10-23(11-8-14)18-21-22-19(25(18)16-5-6-16)26-13-15-12-24-9-3-2-4-17(24)20-15/h2-4,9,12,14,16H,5-8,10-11,13H2,1H3. The van der Waals surface area contributed by atoms with E-state index in [1.807, 2.05) is 24.4 Å². The number of hydrogen-bond acceptors (Lipinski definition) is 5. The number of imidazole rings is 1. The van der Waals surface area contributed by atoms with Gasteiger partial charge in [-0.15, -0.1) is 10.2 Å². The van der Waals surface area contributed by atoms with Gasteiger partial charge in [0.15, 0.2) is 5.16 Å². The van der Waals surface area contributed by atoms with Crippen LogP contribution in [0.3, 0.4) is 0 Å². The molecule has 1 aliphatic heterocycles. The fraction of sp³-hybridized carbons (Fsp3) is 0.526. The molecule has 0 unspecified atom stereocenters. The van der Waals surface area contributed by atoms with Crippen LogP contribution in [-0.4, -0.2) is 37.2 Å². The minimum Gasteiger partial charge on any atom is -0.341 e. The fourth-order valence-electron chi connectivity index (χ4n) is 3.64. The second-order valence-corrected chi connectivity index (χ2v) is 8.48. The maximum atomic E-state index is 4.70. The predicted octanol–water partition coefficient (Wildman–Crippen LogP) is 3.79. The fourth-order valence-corrected chi connectivity index (χ4v) is 4.52. The Kier molecular flexibility index (Phi) is 4.11. The molecule has 7 heteroatoms. The third-order valence-electron chi connectivity index (χ3n) is 5.39. The summed E-state index contributed by atoms with van der Waals surface area (Å²) in [4.78, 5) is 7.13. The number of hydrogen-bond donors (Lipinski definition) is 0. The number of fused-ring (bicyclic) bond motifs is 1. The Morgan fingerprint density at radius 2 is 1.96 bits per heavy atom. The van der Waals surface area contributed by atoms with Crippen LogP contribution < -0.4 is 4.90 Å². The van der Waals surface area contributed by atoms with Crippen molar-refractivity contribution in [2.24, 2.45) is 5.92 Å². The molecule has 3 aromatic rings. The first kappa shape index (κ1) is 16.2. The van der Waals surface area contributed by atoms with E-state index in [9.17, 15) is 0 Å². The van der Waals surface area contributed by atoms with Crippen molar-refractivity contribution in [3.8, 4) is 0 Å². The first-order valence-electron chi connectivity index (χ1n) is 9.53. The van der Waals surface area contributed by atoms with Gasteiger partial charge in [0.1, 0.15) is 5.65 Å². The molecular weight excluding hydrogens is 344 g/mol. The Morgan fingerprint density at radius 3 is 2.73 bits per heavy atom. The molecule has 1 aliphatic carbocycles. The van der Waals surface area contributed by atoms with E-state index < -0.39 is 0 Å². The summed E-state index contributed by atoms with van der Waals surface area (Å²) in [7, 11) is 0. The van der Waals surface area contributed by atoms with Crippen molar-refractivity contribution in [3.05, 3.63) is 36.3 Å². The van der Waals surface area contributed by atoms with Crippen molar-refractivity contribution >= 4 is 23.4 Å². The summed E-state index contributed by atoms with van der Waals surface area (Å²) in [6, 6.07) is 6.68. The van der Waals surface area contributed by atoms with Gasteiger partial charge in [-0.25, -0.2) is 4.98 Å². The molecule has 5 rings (SSSR count). The molecule has 26 heavy (non-hydrogen) atoms. The lowest BCUT2D eigenvalue weighted by atomic mass is 10.00. The van der Waals surface area contributed by atoms with E-state index in [2.05, 4.69) is 37.2 Å². The molecule has 1 saturated carbocycles. The maximum Gasteiger partial charge on any atom is 0.228 e. The Balaban J connectivity index is 1.35. The molecule has 0 amide bonds. The third kappa shape index (κ3) is 3.09. The smallest absolute Gasteiger partial charge is 0.228 e. The van der Waals surface area contributed by atoms with Crippen molar-refractivity contribution in [2.75, 3.05) is 18.0 Å². The minimum atomic E-state index is 0.586. The lowest BCUT2D eigenvalue weighted by molar-refractivity contribution is 0.429. The summed E-state index contributed by atoms with van der Waals surface area (Å²) < 4.78 is 4.46. The lowest BCUT2D eigenvalue weighted by Gasteiger charge is -2.31. The molecule has 0 atom stereocenters. The van der Waals surface area contributed by atoms with E-state index in [-0.39, 0.29) is 0 Å².